The molecule has 0 aromatic carbocycles. The Hall–Kier alpha value is -1.97. The second-order valence-electron chi connectivity index (χ2n) is 3.87. The number of H-pyrrole nitrogens is 1. The standard InChI is InChI=1S/C12H12N2O2/c1-8-4-5-11(15-8)12-7-10(14-16-12)9-3-2-6-13-9/h2-6,12-13H,7H2,1H3. The quantitative estimate of drug-likeness (QED) is 0.839. The van der Waals surface area contributed by atoms with E-state index in [4.69, 9.17) is 9.25 Å². The minimum atomic E-state index is -0.0907. The van der Waals surface area contributed by atoms with Crippen molar-refractivity contribution >= 4 is 5.71 Å². The number of aromatic amines is 1. The molecule has 0 saturated carbocycles. The molecule has 1 aliphatic heterocycles. The van der Waals surface area contributed by atoms with Gasteiger partial charge < -0.3 is 14.2 Å². The Bertz CT molecular complexity index is 511. The van der Waals surface area contributed by atoms with Crippen LogP contribution in [-0.2, 0) is 4.84 Å². The summed E-state index contributed by atoms with van der Waals surface area (Å²) < 4.78 is 5.52. The smallest absolute Gasteiger partial charge is 0.190 e. The molecule has 3 rings (SSSR count). The highest BCUT2D eigenvalue weighted by atomic mass is 16.6. The zero-order valence-corrected chi connectivity index (χ0v) is 8.93. The number of aromatic nitrogens is 1. The van der Waals surface area contributed by atoms with Crippen LogP contribution in [0.2, 0.25) is 0 Å². The normalized spacial score (nSPS) is 19.6. The molecular formula is C12H12N2O2. The third-order valence-corrected chi connectivity index (χ3v) is 2.66. The Morgan fingerprint density at radius 2 is 2.31 bits per heavy atom. The maximum Gasteiger partial charge on any atom is 0.190 e. The fraction of sp³-hybridized carbons (Fsp3) is 0.250. The summed E-state index contributed by atoms with van der Waals surface area (Å²) in [6.07, 6.45) is 2.53. The molecular weight excluding hydrogens is 204 g/mol. The lowest BCUT2D eigenvalue weighted by atomic mass is 10.1. The fourth-order valence-electron chi connectivity index (χ4n) is 1.83. The first-order valence-electron chi connectivity index (χ1n) is 5.26. The van der Waals surface area contributed by atoms with Gasteiger partial charge in [0.2, 0.25) is 0 Å². The Morgan fingerprint density at radius 1 is 1.38 bits per heavy atom. The van der Waals surface area contributed by atoms with Gasteiger partial charge in [-0.15, -0.1) is 0 Å². The van der Waals surface area contributed by atoms with Gasteiger partial charge in [-0.3, -0.25) is 0 Å². The summed E-state index contributed by atoms with van der Waals surface area (Å²) in [4.78, 5) is 8.48. The highest BCUT2D eigenvalue weighted by molar-refractivity contribution is 5.99. The van der Waals surface area contributed by atoms with Crippen molar-refractivity contribution in [2.75, 3.05) is 0 Å². The summed E-state index contributed by atoms with van der Waals surface area (Å²) >= 11 is 0. The lowest BCUT2D eigenvalue weighted by molar-refractivity contribution is 0.0682. The molecule has 2 aromatic heterocycles. The molecule has 4 nitrogen and oxygen atoms in total. The number of hydrogen-bond donors (Lipinski definition) is 1. The zero-order valence-electron chi connectivity index (χ0n) is 8.93. The molecule has 1 unspecified atom stereocenters. The Labute approximate surface area is 92.9 Å². The third-order valence-electron chi connectivity index (χ3n) is 2.66. The number of nitrogens with zero attached hydrogens (tertiary/aromatic N) is 1. The number of rotatable bonds is 2. The van der Waals surface area contributed by atoms with Gasteiger partial charge in [-0.1, -0.05) is 5.16 Å². The molecule has 0 spiro atoms. The SMILES string of the molecule is Cc1ccc(C2CC(c3ccc[nH]3)=NO2)o1. The van der Waals surface area contributed by atoms with E-state index in [0.717, 1.165) is 29.3 Å². The van der Waals surface area contributed by atoms with Crippen molar-refractivity contribution in [2.24, 2.45) is 5.16 Å². The predicted octanol–water partition coefficient (Wildman–Crippen LogP) is 2.78. The average molecular weight is 216 g/mol. The van der Waals surface area contributed by atoms with E-state index < -0.39 is 0 Å². The summed E-state index contributed by atoms with van der Waals surface area (Å²) in [5, 5.41) is 4.07. The van der Waals surface area contributed by atoms with E-state index in [1.54, 1.807) is 0 Å². The number of furan rings is 1. The molecule has 1 atom stereocenters. The summed E-state index contributed by atoms with van der Waals surface area (Å²) in [5.41, 5.74) is 1.94. The van der Waals surface area contributed by atoms with Crippen LogP contribution in [-0.4, -0.2) is 10.7 Å². The van der Waals surface area contributed by atoms with Crippen molar-refractivity contribution in [1.82, 2.24) is 4.98 Å². The van der Waals surface area contributed by atoms with Gasteiger partial charge in [0.25, 0.3) is 0 Å². The van der Waals surface area contributed by atoms with E-state index in [2.05, 4.69) is 10.1 Å². The average Bonchev–Trinajstić information content (AvgIpc) is 2.97. The van der Waals surface area contributed by atoms with Gasteiger partial charge >= 0.3 is 0 Å². The van der Waals surface area contributed by atoms with Crippen LogP contribution in [0.3, 0.4) is 0 Å². The van der Waals surface area contributed by atoms with Crippen LogP contribution in [0.5, 0.6) is 0 Å². The molecule has 1 N–H and O–H groups in total. The highest BCUT2D eigenvalue weighted by Gasteiger charge is 2.26. The maximum atomic E-state index is 5.52. The largest absolute Gasteiger partial charge is 0.462 e. The number of aryl methyl sites for hydroxylation is 1. The molecule has 16 heavy (non-hydrogen) atoms. The maximum absolute atomic E-state index is 5.52. The van der Waals surface area contributed by atoms with E-state index in [1.807, 2.05) is 37.4 Å². The first kappa shape index (κ1) is 9.27. The Morgan fingerprint density at radius 3 is 3.00 bits per heavy atom. The van der Waals surface area contributed by atoms with E-state index >= 15 is 0 Å². The van der Waals surface area contributed by atoms with Crippen LogP contribution >= 0.6 is 0 Å². The lowest BCUT2D eigenvalue weighted by Crippen LogP contribution is -2.00. The number of hydrogen-bond acceptors (Lipinski definition) is 3. The topological polar surface area (TPSA) is 50.5 Å². The zero-order chi connectivity index (χ0) is 11.0. The summed E-state index contributed by atoms with van der Waals surface area (Å²) in [6.45, 7) is 1.92. The molecule has 82 valence electrons. The van der Waals surface area contributed by atoms with Gasteiger partial charge in [-0.2, -0.15) is 0 Å². The summed E-state index contributed by atoms with van der Waals surface area (Å²) in [5.74, 6) is 1.73. The molecule has 4 heteroatoms. The molecule has 0 radical (unpaired) electrons. The van der Waals surface area contributed by atoms with Crippen molar-refractivity contribution in [3.05, 3.63) is 47.7 Å². The van der Waals surface area contributed by atoms with Crippen molar-refractivity contribution in [2.45, 2.75) is 19.4 Å². The minimum absolute atomic E-state index is 0.0907. The van der Waals surface area contributed by atoms with Crippen molar-refractivity contribution in [1.29, 1.82) is 0 Å². The van der Waals surface area contributed by atoms with Crippen LogP contribution in [0.4, 0.5) is 0 Å². The summed E-state index contributed by atoms with van der Waals surface area (Å²) in [6, 6.07) is 7.80. The molecule has 0 fully saturated rings. The molecule has 0 amide bonds. The van der Waals surface area contributed by atoms with Crippen molar-refractivity contribution < 1.29 is 9.25 Å². The van der Waals surface area contributed by atoms with Crippen LogP contribution in [0.1, 0.15) is 29.7 Å². The molecule has 0 saturated heterocycles. The monoisotopic (exact) mass is 216 g/mol. The minimum Gasteiger partial charge on any atom is -0.462 e. The molecule has 1 aliphatic rings. The van der Waals surface area contributed by atoms with Crippen LogP contribution in [0, 0.1) is 6.92 Å². The van der Waals surface area contributed by atoms with Gasteiger partial charge in [0, 0.05) is 12.6 Å². The van der Waals surface area contributed by atoms with Gasteiger partial charge in [0.15, 0.2) is 6.10 Å². The first-order valence-corrected chi connectivity index (χ1v) is 5.26. The highest BCUT2D eigenvalue weighted by Crippen LogP contribution is 2.30. The molecule has 0 aliphatic carbocycles. The van der Waals surface area contributed by atoms with E-state index in [1.165, 1.54) is 0 Å². The number of oxime groups is 1. The Balaban J connectivity index is 1.77. The second kappa shape index (κ2) is 3.56. The van der Waals surface area contributed by atoms with E-state index in [0.29, 0.717) is 0 Å². The van der Waals surface area contributed by atoms with Gasteiger partial charge in [-0.05, 0) is 31.2 Å². The summed E-state index contributed by atoms with van der Waals surface area (Å²) in [7, 11) is 0. The van der Waals surface area contributed by atoms with E-state index in [-0.39, 0.29) is 6.10 Å². The van der Waals surface area contributed by atoms with Crippen LogP contribution < -0.4 is 0 Å². The molecule has 3 heterocycles. The second-order valence-corrected chi connectivity index (χ2v) is 3.87. The van der Waals surface area contributed by atoms with Gasteiger partial charge in [0.1, 0.15) is 17.2 Å². The molecule has 2 aromatic rings. The van der Waals surface area contributed by atoms with Gasteiger partial charge in [0.05, 0.1) is 5.69 Å². The van der Waals surface area contributed by atoms with Crippen molar-refractivity contribution in [3.63, 3.8) is 0 Å². The van der Waals surface area contributed by atoms with Gasteiger partial charge in [-0.25, -0.2) is 0 Å². The first-order chi connectivity index (χ1) is 7.83. The van der Waals surface area contributed by atoms with Crippen LogP contribution in [0.25, 0.3) is 0 Å². The third kappa shape index (κ3) is 1.52. The Kier molecular flexibility index (Phi) is 2.06. The lowest BCUT2D eigenvalue weighted by Gasteiger charge is -2.03. The van der Waals surface area contributed by atoms with Crippen molar-refractivity contribution in [3.8, 4) is 0 Å². The predicted molar refractivity (Wildman–Crippen MR) is 59.2 cm³/mol. The van der Waals surface area contributed by atoms with Crippen LogP contribution in [0.15, 0.2) is 40.0 Å². The molecule has 0 bridgehead atoms. The number of nitrogens with one attached hydrogen (secondary N) is 1. The van der Waals surface area contributed by atoms with E-state index in [9.17, 15) is 0 Å². The fourth-order valence-corrected chi connectivity index (χ4v) is 1.83.